The summed E-state index contributed by atoms with van der Waals surface area (Å²) in [5, 5.41) is 6.36. The number of ether oxygens (including phenoxy) is 1. The molecule has 7 nitrogen and oxygen atoms in total. The monoisotopic (exact) mass is 482 g/mol. The van der Waals surface area contributed by atoms with Crippen LogP contribution in [-0.2, 0) is 12.7 Å². The van der Waals surface area contributed by atoms with Crippen LogP contribution in [-0.4, -0.2) is 32.7 Å². The first-order valence-corrected chi connectivity index (χ1v) is 9.75. The van der Waals surface area contributed by atoms with Gasteiger partial charge in [0.2, 0.25) is 11.9 Å². The molecule has 0 bridgehead atoms. The summed E-state index contributed by atoms with van der Waals surface area (Å²) in [4.78, 5) is 14.6. The maximum atomic E-state index is 13.0. The molecule has 0 radical (unpaired) electrons. The Bertz CT molecular complexity index is 1290. The molecule has 0 unspecified atom stereocenters. The summed E-state index contributed by atoms with van der Waals surface area (Å²) in [6, 6.07) is 11.0. The van der Waals surface area contributed by atoms with E-state index in [-0.39, 0.29) is 24.1 Å². The Morgan fingerprint density at radius 1 is 0.882 bits per heavy atom. The fraction of sp³-hybridized carbons (Fsp3) is 0.190. The Hall–Kier alpha value is -4.03. The van der Waals surface area contributed by atoms with Gasteiger partial charge in [-0.1, -0.05) is 12.1 Å². The van der Waals surface area contributed by atoms with Gasteiger partial charge in [0.25, 0.3) is 0 Å². The number of halogens is 6. The average molecular weight is 482 g/mol. The lowest BCUT2D eigenvalue weighted by atomic mass is 10.1. The van der Waals surface area contributed by atoms with Crippen molar-refractivity contribution in [2.45, 2.75) is 18.9 Å². The van der Waals surface area contributed by atoms with Gasteiger partial charge in [-0.25, -0.2) is 0 Å². The van der Waals surface area contributed by atoms with Gasteiger partial charge in [-0.2, -0.15) is 41.3 Å². The van der Waals surface area contributed by atoms with Gasteiger partial charge >= 0.3 is 18.4 Å². The minimum Gasteiger partial charge on any atom is -0.454 e. The molecule has 0 saturated heterocycles. The molecule has 0 aliphatic heterocycles. The second kappa shape index (κ2) is 9.08. The van der Waals surface area contributed by atoms with Crippen molar-refractivity contribution in [3.8, 4) is 6.01 Å². The lowest BCUT2D eigenvalue weighted by Gasteiger charge is -2.13. The average Bonchev–Trinajstić information content (AvgIpc) is 3.23. The fourth-order valence-electron chi connectivity index (χ4n) is 3.00. The van der Waals surface area contributed by atoms with Gasteiger partial charge in [-0.3, -0.25) is 0 Å². The first-order chi connectivity index (χ1) is 16.0. The van der Waals surface area contributed by atoms with Crippen LogP contribution in [0.25, 0.3) is 10.9 Å². The van der Waals surface area contributed by atoms with Crippen molar-refractivity contribution in [3.63, 3.8) is 0 Å². The number of anilines is 3. The summed E-state index contributed by atoms with van der Waals surface area (Å²) in [6.45, 7) is -1.43. The summed E-state index contributed by atoms with van der Waals surface area (Å²) < 4.78 is 81.3. The first-order valence-electron chi connectivity index (χ1n) is 9.75. The van der Waals surface area contributed by atoms with Gasteiger partial charge in [-0.05, 0) is 47.3 Å². The topological polar surface area (TPSA) is 87.8 Å². The standard InChI is InChI=1S/C21H16F6N6O/c22-20(23,24)11-34-19-32-17(29-10-12-4-5-16-13(8-12)6-7-28-16)31-18(33-19)30-15-3-1-2-14(9-15)21(25,26)27/h1-9,28H,10-11H2,(H2,29,30,31,32,33). The molecule has 0 aliphatic carbocycles. The number of aromatic nitrogens is 4. The lowest BCUT2D eigenvalue weighted by molar-refractivity contribution is -0.154. The van der Waals surface area contributed by atoms with Crippen molar-refractivity contribution in [2.24, 2.45) is 0 Å². The minimum atomic E-state index is -4.64. The molecule has 13 heteroatoms. The van der Waals surface area contributed by atoms with Crippen molar-refractivity contribution in [1.29, 1.82) is 0 Å². The summed E-state index contributed by atoms with van der Waals surface area (Å²) in [7, 11) is 0. The zero-order valence-corrected chi connectivity index (χ0v) is 17.1. The van der Waals surface area contributed by atoms with Crippen LogP contribution in [0.15, 0.2) is 54.7 Å². The number of aromatic amines is 1. The zero-order chi connectivity index (χ0) is 24.3. The molecule has 4 aromatic rings. The van der Waals surface area contributed by atoms with E-state index in [0.717, 1.165) is 28.6 Å². The molecule has 0 atom stereocenters. The van der Waals surface area contributed by atoms with Gasteiger partial charge in [0.15, 0.2) is 6.61 Å². The van der Waals surface area contributed by atoms with Crippen molar-refractivity contribution in [2.75, 3.05) is 17.2 Å². The number of nitrogens with zero attached hydrogens (tertiary/aromatic N) is 3. The largest absolute Gasteiger partial charge is 0.454 e. The Labute approximate surface area is 188 Å². The van der Waals surface area contributed by atoms with E-state index in [1.165, 1.54) is 12.1 Å². The summed E-state index contributed by atoms with van der Waals surface area (Å²) in [6.07, 6.45) is -7.43. The van der Waals surface area contributed by atoms with Crippen LogP contribution < -0.4 is 15.4 Å². The normalized spacial score (nSPS) is 12.1. The van der Waals surface area contributed by atoms with E-state index in [4.69, 9.17) is 0 Å². The molecule has 2 heterocycles. The van der Waals surface area contributed by atoms with Crippen LogP contribution in [0, 0.1) is 0 Å². The fourth-order valence-corrected chi connectivity index (χ4v) is 3.00. The molecular formula is C21H16F6N6O. The predicted molar refractivity (Wildman–Crippen MR) is 112 cm³/mol. The van der Waals surface area contributed by atoms with Crippen molar-refractivity contribution >= 4 is 28.5 Å². The number of alkyl halides is 6. The van der Waals surface area contributed by atoms with Crippen molar-refractivity contribution in [1.82, 2.24) is 19.9 Å². The van der Waals surface area contributed by atoms with Crippen molar-refractivity contribution < 1.29 is 31.1 Å². The molecule has 178 valence electrons. The van der Waals surface area contributed by atoms with Crippen LogP contribution in [0.4, 0.5) is 43.9 Å². The first kappa shape index (κ1) is 23.1. The molecular weight excluding hydrogens is 466 g/mol. The number of fused-ring (bicyclic) bond motifs is 1. The Kier molecular flexibility index (Phi) is 6.18. The van der Waals surface area contributed by atoms with E-state index in [2.05, 4.69) is 35.3 Å². The molecule has 2 aromatic carbocycles. The predicted octanol–water partition coefficient (Wildman–Crippen LogP) is 5.67. The number of hydrogen-bond donors (Lipinski definition) is 3. The summed E-state index contributed by atoms with van der Waals surface area (Å²) in [5.74, 6) is -0.425. The molecule has 3 N–H and O–H groups in total. The Balaban J connectivity index is 1.57. The van der Waals surface area contributed by atoms with Gasteiger partial charge in [-0.15, -0.1) is 0 Å². The Morgan fingerprint density at radius 2 is 1.68 bits per heavy atom. The van der Waals surface area contributed by atoms with E-state index < -0.39 is 30.5 Å². The van der Waals surface area contributed by atoms with Crippen LogP contribution >= 0.6 is 0 Å². The van der Waals surface area contributed by atoms with Gasteiger partial charge in [0.1, 0.15) is 0 Å². The third-order valence-electron chi connectivity index (χ3n) is 4.49. The van der Waals surface area contributed by atoms with Crippen molar-refractivity contribution in [3.05, 3.63) is 65.9 Å². The second-order valence-corrected chi connectivity index (χ2v) is 7.13. The van der Waals surface area contributed by atoms with Crippen LogP contribution in [0.2, 0.25) is 0 Å². The highest BCUT2D eigenvalue weighted by molar-refractivity contribution is 5.79. The smallest absolute Gasteiger partial charge is 0.422 e. The van der Waals surface area contributed by atoms with Crippen LogP contribution in [0.3, 0.4) is 0 Å². The van der Waals surface area contributed by atoms with E-state index in [9.17, 15) is 26.3 Å². The molecule has 0 saturated carbocycles. The number of H-pyrrole nitrogens is 1. The molecule has 2 aromatic heterocycles. The molecule has 0 aliphatic rings. The molecule has 0 fully saturated rings. The van der Waals surface area contributed by atoms with Gasteiger partial charge in [0, 0.05) is 23.9 Å². The highest BCUT2D eigenvalue weighted by atomic mass is 19.4. The van der Waals surface area contributed by atoms with Crippen LogP contribution in [0.5, 0.6) is 6.01 Å². The molecule has 0 amide bonds. The number of hydrogen-bond acceptors (Lipinski definition) is 6. The van der Waals surface area contributed by atoms with Crippen LogP contribution in [0.1, 0.15) is 11.1 Å². The minimum absolute atomic E-state index is 0.0216. The zero-order valence-electron chi connectivity index (χ0n) is 17.1. The number of rotatable bonds is 7. The maximum absolute atomic E-state index is 13.0. The van der Waals surface area contributed by atoms with E-state index >= 15 is 0 Å². The SMILES string of the molecule is FC(F)(F)COc1nc(NCc2ccc3[nH]ccc3c2)nc(Nc2cccc(C(F)(F)F)c2)n1. The van der Waals surface area contributed by atoms with E-state index in [0.29, 0.717) is 0 Å². The summed E-state index contributed by atoms with van der Waals surface area (Å²) in [5.41, 5.74) is 0.822. The van der Waals surface area contributed by atoms with Gasteiger partial charge < -0.3 is 20.4 Å². The van der Waals surface area contributed by atoms with E-state index in [1.54, 1.807) is 6.20 Å². The number of nitrogens with one attached hydrogen (secondary N) is 3. The lowest BCUT2D eigenvalue weighted by Crippen LogP contribution is -2.21. The highest BCUT2D eigenvalue weighted by Crippen LogP contribution is 2.31. The molecule has 0 spiro atoms. The summed E-state index contributed by atoms with van der Waals surface area (Å²) >= 11 is 0. The van der Waals surface area contributed by atoms with Gasteiger partial charge in [0.05, 0.1) is 5.56 Å². The highest BCUT2D eigenvalue weighted by Gasteiger charge is 2.31. The van der Waals surface area contributed by atoms with E-state index in [1.807, 2.05) is 24.3 Å². The third-order valence-corrected chi connectivity index (χ3v) is 4.49. The molecule has 34 heavy (non-hydrogen) atoms. The second-order valence-electron chi connectivity index (χ2n) is 7.13. The quantitative estimate of drug-likeness (QED) is 0.294. The number of benzene rings is 2. The Morgan fingerprint density at radius 3 is 2.44 bits per heavy atom. The molecule has 4 rings (SSSR count). The maximum Gasteiger partial charge on any atom is 0.422 e. The third kappa shape index (κ3) is 6.05.